The molecule has 2 aliphatic rings. The van der Waals surface area contributed by atoms with Crippen molar-refractivity contribution in [3.8, 4) is 5.75 Å². The summed E-state index contributed by atoms with van der Waals surface area (Å²) in [5.74, 6) is -0.351. The third-order valence-corrected chi connectivity index (χ3v) is 9.64. The number of carbonyl (C=O) groups excluding carboxylic acids is 1. The molecule has 4 rings (SSSR count). The fraction of sp³-hybridized carbons (Fsp3) is 0.500. The van der Waals surface area contributed by atoms with Crippen LogP contribution < -0.4 is 10.1 Å². The molecule has 13 heteroatoms. The third kappa shape index (κ3) is 7.18. The van der Waals surface area contributed by atoms with Gasteiger partial charge >= 0.3 is 6.18 Å². The molecule has 7 nitrogen and oxygen atoms in total. The Morgan fingerprint density at radius 2 is 1.87 bits per heavy atom. The van der Waals surface area contributed by atoms with Gasteiger partial charge in [-0.1, -0.05) is 41.8 Å². The van der Waals surface area contributed by atoms with E-state index in [4.69, 9.17) is 27.9 Å². The van der Waals surface area contributed by atoms with Crippen LogP contribution >= 0.6 is 23.2 Å². The zero-order chi connectivity index (χ0) is 28.4. The van der Waals surface area contributed by atoms with Gasteiger partial charge in [-0.05, 0) is 55.8 Å². The van der Waals surface area contributed by atoms with Crippen molar-refractivity contribution in [1.82, 2.24) is 14.5 Å². The minimum atomic E-state index is -5.03. The Hall–Kier alpha value is -2.05. The summed E-state index contributed by atoms with van der Waals surface area (Å²) in [6.07, 6.45) is -2.23. The Bertz CT molecular complexity index is 1300. The lowest BCUT2D eigenvalue weighted by atomic mass is 9.98. The third-order valence-electron chi connectivity index (χ3n) is 7.05. The number of nitrogens with zero attached hydrogens (tertiary/aromatic N) is 2. The quantitative estimate of drug-likeness (QED) is 0.425. The number of carbonyl (C=O) groups is 1. The van der Waals surface area contributed by atoms with E-state index in [1.165, 1.54) is 18.6 Å². The molecule has 2 aromatic rings. The lowest BCUT2D eigenvalue weighted by Crippen LogP contribution is -2.49. The van der Waals surface area contributed by atoms with E-state index < -0.39 is 45.5 Å². The molecular weight excluding hydrogens is 578 g/mol. The van der Waals surface area contributed by atoms with E-state index in [9.17, 15) is 26.4 Å². The number of hydrogen-bond acceptors (Lipinski definition) is 5. The predicted octanol–water partition coefficient (Wildman–Crippen LogP) is 5.56. The fourth-order valence-electron chi connectivity index (χ4n) is 4.93. The lowest BCUT2D eigenvalue weighted by molar-refractivity contribution is -0.173. The van der Waals surface area contributed by atoms with E-state index in [1.807, 2.05) is 18.2 Å². The summed E-state index contributed by atoms with van der Waals surface area (Å²) in [5, 5.41) is 2.36. The lowest BCUT2D eigenvalue weighted by Gasteiger charge is -2.31. The number of ether oxygens (including phenoxy) is 1. The van der Waals surface area contributed by atoms with Gasteiger partial charge in [0.15, 0.2) is 0 Å². The number of halogens is 5. The molecule has 2 aliphatic heterocycles. The van der Waals surface area contributed by atoms with Gasteiger partial charge in [0.2, 0.25) is 15.9 Å². The Labute approximate surface area is 236 Å². The van der Waals surface area contributed by atoms with Gasteiger partial charge in [0.25, 0.3) is 0 Å². The van der Waals surface area contributed by atoms with Crippen LogP contribution in [0.15, 0.2) is 41.3 Å². The van der Waals surface area contributed by atoms with Crippen molar-refractivity contribution in [3.05, 3.63) is 57.6 Å². The standard InChI is InChI=1S/C26H30Cl2F3N3O4S/c1-33(39(36,37)23-14-18(27)6-8-20(23)28)24(26(29,30)31)15-25(35)32-21-9-12-38-22-13-17(5-7-19(21)22)16-34-10-3-2-4-11-34/h5-8,13-14,21,24H,2-4,9-12,15-16H2,1H3,(H,32,35)/t21-,24+/m1/s1. The van der Waals surface area contributed by atoms with Crippen LogP contribution in [0.1, 0.15) is 49.3 Å². The summed E-state index contributed by atoms with van der Waals surface area (Å²) in [5.41, 5.74) is 1.73. The van der Waals surface area contributed by atoms with Gasteiger partial charge in [-0.25, -0.2) is 8.42 Å². The van der Waals surface area contributed by atoms with Gasteiger partial charge in [-0.15, -0.1) is 0 Å². The van der Waals surface area contributed by atoms with Crippen LogP contribution in [0, 0.1) is 0 Å². The molecule has 0 spiro atoms. The maximum absolute atomic E-state index is 14.0. The number of hydrogen-bond donors (Lipinski definition) is 1. The molecule has 0 unspecified atom stereocenters. The van der Waals surface area contributed by atoms with Crippen molar-refractivity contribution in [2.45, 2.75) is 61.8 Å². The fourth-order valence-corrected chi connectivity index (χ4v) is 7.01. The maximum Gasteiger partial charge on any atom is 0.405 e. The van der Waals surface area contributed by atoms with Crippen LogP contribution in [-0.4, -0.2) is 62.5 Å². The van der Waals surface area contributed by atoms with E-state index >= 15 is 0 Å². The molecule has 2 aromatic carbocycles. The van der Waals surface area contributed by atoms with Gasteiger partial charge < -0.3 is 10.1 Å². The smallest absolute Gasteiger partial charge is 0.405 e. The van der Waals surface area contributed by atoms with Crippen LogP contribution in [0.2, 0.25) is 10.0 Å². The van der Waals surface area contributed by atoms with Gasteiger partial charge in [0.05, 0.1) is 24.1 Å². The first-order chi connectivity index (χ1) is 18.4. The summed E-state index contributed by atoms with van der Waals surface area (Å²) in [7, 11) is -3.96. The summed E-state index contributed by atoms with van der Waals surface area (Å²) in [6, 6.07) is 5.97. The van der Waals surface area contributed by atoms with Crippen molar-refractivity contribution < 1.29 is 31.1 Å². The molecule has 1 saturated heterocycles. The van der Waals surface area contributed by atoms with Crippen LogP contribution in [-0.2, 0) is 21.4 Å². The maximum atomic E-state index is 14.0. The zero-order valence-corrected chi connectivity index (χ0v) is 23.6. The number of fused-ring (bicyclic) bond motifs is 1. The SMILES string of the molecule is CN([C@@H](CC(=O)N[C@@H]1CCOc2cc(CN3CCCCC3)ccc21)C(F)(F)F)S(=O)(=O)c1cc(Cl)ccc1Cl. The van der Waals surface area contributed by atoms with E-state index in [0.717, 1.165) is 51.2 Å². The summed E-state index contributed by atoms with van der Waals surface area (Å²) >= 11 is 11.8. The zero-order valence-electron chi connectivity index (χ0n) is 21.3. The van der Waals surface area contributed by atoms with Crippen molar-refractivity contribution in [2.75, 3.05) is 26.7 Å². The van der Waals surface area contributed by atoms with Crippen LogP contribution in [0.5, 0.6) is 5.75 Å². The van der Waals surface area contributed by atoms with Gasteiger partial charge in [0.1, 0.15) is 16.7 Å². The summed E-state index contributed by atoms with van der Waals surface area (Å²) < 4.78 is 74.1. The van der Waals surface area contributed by atoms with E-state index in [1.54, 1.807) is 0 Å². The second-order valence-corrected chi connectivity index (χ2v) is 12.6. The first-order valence-electron chi connectivity index (χ1n) is 12.6. The molecule has 0 saturated carbocycles. The Morgan fingerprint density at radius 1 is 1.15 bits per heavy atom. The highest BCUT2D eigenvalue weighted by Crippen LogP contribution is 2.36. The van der Waals surface area contributed by atoms with Crippen LogP contribution in [0.4, 0.5) is 13.2 Å². The number of piperidine rings is 1. The molecule has 39 heavy (non-hydrogen) atoms. The van der Waals surface area contributed by atoms with E-state index in [-0.39, 0.29) is 21.0 Å². The molecular formula is C26H30Cl2F3N3O4S. The molecule has 0 radical (unpaired) electrons. The monoisotopic (exact) mass is 607 g/mol. The van der Waals surface area contributed by atoms with Crippen LogP contribution in [0.3, 0.4) is 0 Å². The number of likely N-dealkylation sites (tertiary alicyclic amines) is 1. The van der Waals surface area contributed by atoms with Gasteiger partial charge in [0, 0.05) is 30.6 Å². The highest BCUT2D eigenvalue weighted by atomic mass is 35.5. The first-order valence-corrected chi connectivity index (χ1v) is 14.8. The van der Waals surface area contributed by atoms with Crippen LogP contribution in [0.25, 0.3) is 0 Å². The number of alkyl halides is 3. The molecule has 1 fully saturated rings. The second-order valence-electron chi connectivity index (χ2n) is 9.82. The molecule has 2 heterocycles. The Kier molecular flexibility index (Phi) is 9.37. The van der Waals surface area contributed by atoms with E-state index in [2.05, 4.69) is 10.2 Å². The van der Waals surface area contributed by atoms with Crippen molar-refractivity contribution in [1.29, 1.82) is 0 Å². The topological polar surface area (TPSA) is 79.0 Å². The Balaban J connectivity index is 1.48. The highest BCUT2D eigenvalue weighted by molar-refractivity contribution is 7.89. The molecule has 1 amide bonds. The minimum Gasteiger partial charge on any atom is -0.493 e. The number of sulfonamides is 1. The van der Waals surface area contributed by atoms with E-state index in [0.29, 0.717) is 17.7 Å². The Morgan fingerprint density at radius 3 is 2.56 bits per heavy atom. The average Bonchev–Trinajstić information content (AvgIpc) is 2.88. The summed E-state index contributed by atoms with van der Waals surface area (Å²) in [6.45, 7) is 3.13. The van der Waals surface area contributed by atoms with Crippen molar-refractivity contribution in [2.24, 2.45) is 0 Å². The number of benzene rings is 2. The van der Waals surface area contributed by atoms with Gasteiger partial charge in [-0.2, -0.15) is 17.5 Å². The second kappa shape index (κ2) is 12.2. The molecule has 214 valence electrons. The highest BCUT2D eigenvalue weighted by Gasteiger charge is 2.48. The largest absolute Gasteiger partial charge is 0.493 e. The molecule has 2 atom stereocenters. The molecule has 0 aliphatic carbocycles. The molecule has 0 bridgehead atoms. The normalized spacial score (nSPS) is 19.3. The van der Waals surface area contributed by atoms with Crippen molar-refractivity contribution >= 4 is 39.1 Å². The average molecular weight is 609 g/mol. The first kappa shape index (κ1) is 29.9. The molecule has 0 aromatic heterocycles. The van der Waals surface area contributed by atoms with Crippen molar-refractivity contribution in [3.63, 3.8) is 0 Å². The number of rotatable bonds is 8. The van der Waals surface area contributed by atoms with Gasteiger partial charge in [-0.3, -0.25) is 9.69 Å². The molecule has 1 N–H and O–H groups in total. The summed E-state index contributed by atoms with van der Waals surface area (Å²) in [4.78, 5) is 14.7. The minimum absolute atomic E-state index is 0.00931. The number of nitrogens with one attached hydrogen (secondary N) is 1. The predicted molar refractivity (Wildman–Crippen MR) is 142 cm³/mol. The number of amides is 1.